The van der Waals surface area contributed by atoms with Crippen LogP contribution >= 0.6 is 0 Å². The monoisotopic (exact) mass is 376 g/mol. The van der Waals surface area contributed by atoms with Crippen molar-refractivity contribution in [2.75, 3.05) is 13.1 Å². The minimum Gasteiger partial charge on any atom is -0.339 e. The third-order valence-corrected chi connectivity index (χ3v) is 5.60. The highest BCUT2D eigenvalue weighted by Gasteiger charge is 2.18. The Labute approximate surface area is 166 Å². The van der Waals surface area contributed by atoms with E-state index in [0.29, 0.717) is 6.54 Å². The molecule has 0 unspecified atom stereocenters. The van der Waals surface area contributed by atoms with E-state index in [4.69, 9.17) is 9.97 Å². The fourth-order valence-corrected chi connectivity index (χ4v) is 4.10. The van der Waals surface area contributed by atoms with Crippen molar-refractivity contribution in [2.24, 2.45) is 0 Å². The number of piperidine rings is 1. The number of rotatable bonds is 4. The van der Waals surface area contributed by atoms with E-state index in [1.165, 1.54) is 12.0 Å². The predicted molar refractivity (Wildman–Crippen MR) is 112 cm³/mol. The molecule has 0 atom stereocenters. The van der Waals surface area contributed by atoms with Crippen molar-refractivity contribution >= 4 is 17.1 Å². The molecule has 2 aromatic heterocycles. The summed E-state index contributed by atoms with van der Waals surface area (Å²) in [5, 5.41) is 0. The SMILES string of the molecule is CCc1nc2c(C)cc(C)nc2n1Cc1ccc(C(=O)N2CCCCC2)cc1. The van der Waals surface area contributed by atoms with E-state index in [0.717, 1.165) is 66.2 Å². The minimum atomic E-state index is 0.154. The first-order valence-corrected chi connectivity index (χ1v) is 10.3. The van der Waals surface area contributed by atoms with Gasteiger partial charge in [0.25, 0.3) is 5.91 Å². The van der Waals surface area contributed by atoms with Crippen LogP contribution in [0.3, 0.4) is 0 Å². The number of carbonyl (C=O) groups excluding carboxylic acids is 1. The Morgan fingerprint density at radius 3 is 2.43 bits per heavy atom. The zero-order chi connectivity index (χ0) is 19.7. The smallest absolute Gasteiger partial charge is 0.253 e. The number of nitrogens with zero attached hydrogens (tertiary/aromatic N) is 4. The van der Waals surface area contributed by atoms with Crippen molar-refractivity contribution in [1.29, 1.82) is 0 Å². The highest BCUT2D eigenvalue weighted by Crippen LogP contribution is 2.21. The second kappa shape index (κ2) is 7.74. The Morgan fingerprint density at radius 2 is 1.75 bits per heavy atom. The molecule has 1 fully saturated rings. The van der Waals surface area contributed by atoms with Gasteiger partial charge in [0.05, 0.1) is 6.54 Å². The van der Waals surface area contributed by atoms with Crippen LogP contribution in [0.4, 0.5) is 0 Å². The third-order valence-electron chi connectivity index (χ3n) is 5.60. The number of fused-ring (bicyclic) bond motifs is 1. The molecule has 0 spiro atoms. The standard InChI is InChI=1S/C23H28N4O/c1-4-20-25-21-16(2)14-17(3)24-22(21)27(20)15-18-8-10-19(11-9-18)23(28)26-12-6-5-7-13-26/h8-11,14H,4-7,12-13,15H2,1-3H3. The van der Waals surface area contributed by atoms with Crippen molar-refractivity contribution in [3.8, 4) is 0 Å². The average Bonchev–Trinajstić information content (AvgIpc) is 3.06. The molecule has 4 rings (SSSR count). The molecular weight excluding hydrogens is 348 g/mol. The van der Waals surface area contributed by atoms with E-state index < -0.39 is 0 Å². The van der Waals surface area contributed by atoms with Crippen LogP contribution < -0.4 is 0 Å². The summed E-state index contributed by atoms with van der Waals surface area (Å²) >= 11 is 0. The Morgan fingerprint density at radius 1 is 1.04 bits per heavy atom. The molecule has 0 N–H and O–H groups in total. The molecule has 146 valence electrons. The highest BCUT2D eigenvalue weighted by molar-refractivity contribution is 5.94. The van der Waals surface area contributed by atoms with Gasteiger partial charge in [-0.2, -0.15) is 0 Å². The molecule has 0 radical (unpaired) electrons. The number of hydrogen-bond donors (Lipinski definition) is 0. The van der Waals surface area contributed by atoms with Gasteiger partial charge in [-0.25, -0.2) is 9.97 Å². The van der Waals surface area contributed by atoms with Gasteiger partial charge in [-0.05, 0) is 62.4 Å². The van der Waals surface area contributed by atoms with Gasteiger partial charge >= 0.3 is 0 Å². The molecule has 1 amide bonds. The average molecular weight is 377 g/mol. The lowest BCUT2D eigenvalue weighted by Gasteiger charge is -2.26. The van der Waals surface area contributed by atoms with Crippen molar-refractivity contribution in [2.45, 2.75) is 53.0 Å². The van der Waals surface area contributed by atoms with E-state index in [-0.39, 0.29) is 5.91 Å². The van der Waals surface area contributed by atoms with Gasteiger partial charge in [0.15, 0.2) is 5.65 Å². The Balaban J connectivity index is 1.60. The van der Waals surface area contributed by atoms with Gasteiger partial charge in [0.2, 0.25) is 0 Å². The van der Waals surface area contributed by atoms with Gasteiger partial charge in [0.1, 0.15) is 11.3 Å². The number of imidazole rings is 1. The third kappa shape index (κ3) is 3.53. The maximum absolute atomic E-state index is 12.7. The van der Waals surface area contributed by atoms with E-state index in [1.807, 2.05) is 24.0 Å². The van der Waals surface area contributed by atoms with E-state index in [2.05, 4.69) is 36.6 Å². The fraction of sp³-hybridized carbons (Fsp3) is 0.435. The van der Waals surface area contributed by atoms with E-state index >= 15 is 0 Å². The van der Waals surface area contributed by atoms with Crippen molar-refractivity contribution in [1.82, 2.24) is 19.4 Å². The number of carbonyl (C=O) groups is 1. The number of likely N-dealkylation sites (tertiary alicyclic amines) is 1. The number of amides is 1. The topological polar surface area (TPSA) is 51.0 Å². The first-order chi connectivity index (χ1) is 13.6. The predicted octanol–water partition coefficient (Wildman–Crippen LogP) is 4.28. The van der Waals surface area contributed by atoms with Crippen LogP contribution in [0.2, 0.25) is 0 Å². The zero-order valence-corrected chi connectivity index (χ0v) is 17.0. The molecule has 0 bridgehead atoms. The van der Waals surface area contributed by atoms with Crippen LogP contribution in [0.15, 0.2) is 30.3 Å². The quantitative estimate of drug-likeness (QED) is 0.683. The molecule has 1 aromatic carbocycles. The fourth-order valence-electron chi connectivity index (χ4n) is 4.10. The number of pyridine rings is 1. The number of benzene rings is 1. The van der Waals surface area contributed by atoms with Crippen LogP contribution in [-0.2, 0) is 13.0 Å². The minimum absolute atomic E-state index is 0.154. The summed E-state index contributed by atoms with van der Waals surface area (Å²) in [5.74, 6) is 1.20. The van der Waals surface area contributed by atoms with Gasteiger partial charge in [-0.1, -0.05) is 19.1 Å². The maximum atomic E-state index is 12.7. The molecular formula is C23H28N4O. The lowest BCUT2D eigenvalue weighted by molar-refractivity contribution is 0.0724. The lowest BCUT2D eigenvalue weighted by atomic mass is 10.1. The Kier molecular flexibility index (Phi) is 5.16. The van der Waals surface area contributed by atoms with E-state index in [1.54, 1.807) is 0 Å². The number of aryl methyl sites for hydroxylation is 3. The van der Waals surface area contributed by atoms with Crippen LogP contribution in [0.1, 0.15) is 59.2 Å². The lowest BCUT2D eigenvalue weighted by Crippen LogP contribution is -2.35. The van der Waals surface area contributed by atoms with Crippen LogP contribution in [0, 0.1) is 13.8 Å². The Hall–Kier alpha value is -2.69. The summed E-state index contributed by atoms with van der Waals surface area (Å²) in [7, 11) is 0. The molecule has 0 saturated carbocycles. The zero-order valence-electron chi connectivity index (χ0n) is 17.0. The van der Waals surface area contributed by atoms with E-state index in [9.17, 15) is 4.79 Å². The molecule has 0 aliphatic carbocycles. The molecule has 3 aromatic rings. The van der Waals surface area contributed by atoms with Crippen LogP contribution in [0.5, 0.6) is 0 Å². The molecule has 1 aliphatic rings. The summed E-state index contributed by atoms with van der Waals surface area (Å²) in [6.45, 7) is 8.72. The maximum Gasteiger partial charge on any atom is 0.253 e. The largest absolute Gasteiger partial charge is 0.339 e. The molecule has 1 saturated heterocycles. The summed E-state index contributed by atoms with van der Waals surface area (Å²) in [5.41, 5.74) is 6.05. The summed E-state index contributed by atoms with van der Waals surface area (Å²) < 4.78 is 2.21. The van der Waals surface area contributed by atoms with Crippen molar-refractivity contribution in [3.05, 3.63) is 58.5 Å². The van der Waals surface area contributed by atoms with Gasteiger partial charge in [0, 0.05) is 30.8 Å². The summed E-state index contributed by atoms with van der Waals surface area (Å²) in [4.78, 5) is 24.2. The van der Waals surface area contributed by atoms with Crippen LogP contribution in [-0.4, -0.2) is 38.4 Å². The number of aromatic nitrogens is 3. The molecule has 28 heavy (non-hydrogen) atoms. The van der Waals surface area contributed by atoms with Gasteiger partial charge < -0.3 is 9.47 Å². The molecule has 5 nitrogen and oxygen atoms in total. The summed E-state index contributed by atoms with van der Waals surface area (Å²) in [6, 6.07) is 10.1. The highest BCUT2D eigenvalue weighted by atomic mass is 16.2. The van der Waals surface area contributed by atoms with Gasteiger partial charge in [-0.3, -0.25) is 4.79 Å². The first kappa shape index (κ1) is 18.7. The first-order valence-electron chi connectivity index (χ1n) is 10.3. The van der Waals surface area contributed by atoms with Crippen molar-refractivity contribution < 1.29 is 4.79 Å². The van der Waals surface area contributed by atoms with Crippen LogP contribution in [0.25, 0.3) is 11.2 Å². The number of hydrogen-bond acceptors (Lipinski definition) is 3. The normalized spacial score (nSPS) is 14.6. The van der Waals surface area contributed by atoms with Gasteiger partial charge in [-0.15, -0.1) is 0 Å². The Bertz CT molecular complexity index is 998. The molecule has 5 heteroatoms. The second-order valence-corrected chi connectivity index (χ2v) is 7.77. The van der Waals surface area contributed by atoms with Crippen molar-refractivity contribution in [3.63, 3.8) is 0 Å². The summed E-state index contributed by atoms with van der Waals surface area (Å²) in [6.07, 6.45) is 4.32. The molecule has 3 heterocycles. The molecule has 1 aliphatic heterocycles. The second-order valence-electron chi connectivity index (χ2n) is 7.77.